The minimum atomic E-state index is 0.237. The first kappa shape index (κ1) is 18.0. The van der Waals surface area contributed by atoms with Gasteiger partial charge >= 0.3 is 0 Å². The number of hydrogen-bond donors (Lipinski definition) is 1. The van der Waals surface area contributed by atoms with Gasteiger partial charge in [0.25, 0.3) is 0 Å². The highest BCUT2D eigenvalue weighted by Gasteiger charge is 2.25. The third kappa shape index (κ3) is 5.35. The van der Waals surface area contributed by atoms with Gasteiger partial charge in [0, 0.05) is 17.5 Å². The van der Waals surface area contributed by atoms with Crippen LogP contribution in [-0.4, -0.2) is 35.7 Å². The van der Waals surface area contributed by atoms with E-state index in [9.17, 15) is 4.79 Å². The number of carbonyl (C=O) groups excluding carboxylic acids is 1. The predicted molar refractivity (Wildman–Crippen MR) is 105 cm³/mol. The zero-order valence-electron chi connectivity index (χ0n) is 14.8. The summed E-state index contributed by atoms with van der Waals surface area (Å²) in [5, 5.41) is 3.39. The Kier molecular flexibility index (Phi) is 6.54. The van der Waals surface area contributed by atoms with Gasteiger partial charge in [-0.2, -0.15) is 0 Å². The van der Waals surface area contributed by atoms with Gasteiger partial charge in [-0.15, -0.1) is 11.8 Å². The highest BCUT2D eigenvalue weighted by Crippen LogP contribution is 2.21. The van der Waals surface area contributed by atoms with E-state index in [0.29, 0.717) is 18.3 Å². The highest BCUT2D eigenvalue weighted by molar-refractivity contribution is 8.00. The molecule has 132 valence electrons. The average molecular weight is 355 g/mol. The molecule has 4 heteroatoms. The summed E-state index contributed by atoms with van der Waals surface area (Å²) in [6.07, 6.45) is 2.07. The van der Waals surface area contributed by atoms with E-state index < -0.39 is 0 Å². The lowest BCUT2D eigenvalue weighted by Gasteiger charge is -2.35. The minimum absolute atomic E-state index is 0.237. The molecule has 0 radical (unpaired) electrons. The molecular formula is C21H26N2OS. The molecule has 1 fully saturated rings. The van der Waals surface area contributed by atoms with Crippen LogP contribution in [0.4, 0.5) is 0 Å². The number of nitrogens with zero attached hydrogens (tertiary/aromatic N) is 1. The van der Waals surface area contributed by atoms with Crippen LogP contribution in [0.15, 0.2) is 59.5 Å². The van der Waals surface area contributed by atoms with Gasteiger partial charge in [-0.25, -0.2) is 0 Å². The molecule has 1 aliphatic rings. The summed E-state index contributed by atoms with van der Waals surface area (Å²) in [6, 6.07) is 19.0. The molecule has 1 heterocycles. The van der Waals surface area contributed by atoms with E-state index >= 15 is 0 Å². The van der Waals surface area contributed by atoms with Crippen LogP contribution in [0, 0.1) is 6.92 Å². The van der Waals surface area contributed by atoms with Crippen LogP contribution < -0.4 is 5.32 Å². The maximum absolute atomic E-state index is 13.0. The Morgan fingerprint density at radius 1 is 1.08 bits per heavy atom. The molecule has 1 saturated heterocycles. The lowest BCUT2D eigenvalue weighted by molar-refractivity contribution is -0.131. The molecule has 25 heavy (non-hydrogen) atoms. The van der Waals surface area contributed by atoms with Gasteiger partial charge in [-0.3, -0.25) is 4.79 Å². The van der Waals surface area contributed by atoms with Crippen molar-refractivity contribution in [3.63, 3.8) is 0 Å². The molecular weight excluding hydrogens is 328 g/mol. The van der Waals surface area contributed by atoms with Crippen LogP contribution in [0.25, 0.3) is 0 Å². The number of amides is 1. The molecule has 0 aliphatic carbocycles. The zero-order valence-corrected chi connectivity index (χ0v) is 15.6. The third-order valence-corrected chi connectivity index (χ3v) is 5.65. The molecule has 1 aliphatic heterocycles. The quantitative estimate of drug-likeness (QED) is 0.799. The van der Waals surface area contributed by atoms with E-state index in [1.807, 2.05) is 18.2 Å². The summed E-state index contributed by atoms with van der Waals surface area (Å²) in [7, 11) is 0. The number of rotatable bonds is 6. The molecule has 2 aromatic carbocycles. The fraction of sp³-hybridized carbons (Fsp3) is 0.381. The van der Waals surface area contributed by atoms with Crippen molar-refractivity contribution in [2.45, 2.75) is 37.2 Å². The molecule has 0 spiro atoms. The molecule has 2 aromatic rings. The standard InChI is InChI=1S/C21H26N2OS/c1-17-7-9-18(10-8-17)15-23(19-11-13-22-14-12-19)21(24)16-25-20-5-3-2-4-6-20/h2-10,19,22H,11-16H2,1H3. The van der Waals surface area contributed by atoms with Crippen LogP contribution in [0.2, 0.25) is 0 Å². The molecule has 1 amide bonds. The van der Waals surface area contributed by atoms with Crippen molar-refractivity contribution < 1.29 is 4.79 Å². The van der Waals surface area contributed by atoms with E-state index in [-0.39, 0.29) is 5.91 Å². The van der Waals surface area contributed by atoms with Crippen molar-refractivity contribution >= 4 is 17.7 Å². The summed E-state index contributed by atoms with van der Waals surface area (Å²) in [4.78, 5) is 16.2. The Hall–Kier alpha value is -1.78. The van der Waals surface area contributed by atoms with Crippen LogP contribution in [0.5, 0.6) is 0 Å². The van der Waals surface area contributed by atoms with E-state index in [4.69, 9.17) is 0 Å². The lowest BCUT2D eigenvalue weighted by atomic mass is 10.0. The van der Waals surface area contributed by atoms with Crippen LogP contribution in [0.3, 0.4) is 0 Å². The SMILES string of the molecule is Cc1ccc(CN(C(=O)CSc2ccccc2)C2CCNCC2)cc1. The van der Waals surface area contributed by atoms with Gasteiger partial charge < -0.3 is 10.2 Å². The van der Waals surface area contributed by atoms with Gasteiger partial charge in [0.15, 0.2) is 0 Å². The Labute approximate surface area is 154 Å². The topological polar surface area (TPSA) is 32.3 Å². The first-order valence-electron chi connectivity index (χ1n) is 8.96. The number of piperidine rings is 1. The second-order valence-electron chi connectivity index (χ2n) is 6.59. The minimum Gasteiger partial charge on any atom is -0.335 e. The van der Waals surface area contributed by atoms with E-state index in [1.165, 1.54) is 11.1 Å². The first-order chi connectivity index (χ1) is 12.2. The normalized spacial score (nSPS) is 15.1. The molecule has 0 aromatic heterocycles. The fourth-order valence-corrected chi connectivity index (χ4v) is 3.98. The van der Waals surface area contributed by atoms with Gasteiger partial charge in [0.05, 0.1) is 5.75 Å². The number of aryl methyl sites for hydroxylation is 1. The first-order valence-corrected chi connectivity index (χ1v) is 9.94. The maximum atomic E-state index is 13.0. The fourth-order valence-electron chi connectivity index (χ4n) is 3.17. The number of hydrogen-bond acceptors (Lipinski definition) is 3. The van der Waals surface area contributed by atoms with Crippen molar-refractivity contribution in [1.82, 2.24) is 10.2 Å². The number of carbonyl (C=O) groups is 1. The van der Waals surface area contributed by atoms with E-state index in [0.717, 1.165) is 30.8 Å². The van der Waals surface area contributed by atoms with Crippen LogP contribution in [0.1, 0.15) is 24.0 Å². The smallest absolute Gasteiger partial charge is 0.233 e. The van der Waals surface area contributed by atoms with Crippen molar-refractivity contribution in [3.05, 3.63) is 65.7 Å². The summed E-state index contributed by atoms with van der Waals surface area (Å²) in [5.74, 6) is 0.737. The Bertz CT molecular complexity index is 666. The lowest BCUT2D eigenvalue weighted by Crippen LogP contribution is -2.46. The largest absolute Gasteiger partial charge is 0.335 e. The average Bonchev–Trinajstić information content (AvgIpc) is 2.67. The zero-order chi connectivity index (χ0) is 17.5. The van der Waals surface area contributed by atoms with Crippen molar-refractivity contribution in [2.75, 3.05) is 18.8 Å². The molecule has 1 N–H and O–H groups in total. The highest BCUT2D eigenvalue weighted by atomic mass is 32.2. The van der Waals surface area contributed by atoms with Crippen LogP contribution in [-0.2, 0) is 11.3 Å². The molecule has 3 rings (SSSR count). The van der Waals surface area contributed by atoms with Crippen LogP contribution >= 0.6 is 11.8 Å². The second kappa shape index (κ2) is 9.07. The Balaban J connectivity index is 1.68. The number of benzene rings is 2. The third-order valence-electron chi connectivity index (χ3n) is 4.65. The van der Waals surface area contributed by atoms with Gasteiger partial charge in [0.2, 0.25) is 5.91 Å². The molecule has 0 atom stereocenters. The summed E-state index contributed by atoms with van der Waals surface area (Å²) >= 11 is 1.63. The monoisotopic (exact) mass is 354 g/mol. The van der Waals surface area contributed by atoms with E-state index in [1.54, 1.807) is 11.8 Å². The Morgan fingerprint density at radius 3 is 2.44 bits per heavy atom. The molecule has 0 bridgehead atoms. The summed E-state index contributed by atoms with van der Waals surface area (Å²) in [5.41, 5.74) is 2.46. The van der Waals surface area contributed by atoms with E-state index in [2.05, 4.69) is 53.5 Å². The molecule has 0 unspecified atom stereocenters. The maximum Gasteiger partial charge on any atom is 0.233 e. The Morgan fingerprint density at radius 2 is 1.76 bits per heavy atom. The number of nitrogens with one attached hydrogen (secondary N) is 1. The molecule has 3 nitrogen and oxygen atoms in total. The second-order valence-corrected chi connectivity index (χ2v) is 7.64. The van der Waals surface area contributed by atoms with Gasteiger partial charge in [-0.05, 0) is 50.6 Å². The summed E-state index contributed by atoms with van der Waals surface area (Å²) < 4.78 is 0. The van der Waals surface area contributed by atoms with Crippen molar-refractivity contribution in [3.8, 4) is 0 Å². The van der Waals surface area contributed by atoms with Gasteiger partial charge in [-0.1, -0.05) is 48.0 Å². The van der Waals surface area contributed by atoms with Crippen molar-refractivity contribution in [2.24, 2.45) is 0 Å². The number of thioether (sulfide) groups is 1. The predicted octanol–water partition coefficient (Wildman–Crippen LogP) is 3.87. The van der Waals surface area contributed by atoms with Crippen molar-refractivity contribution in [1.29, 1.82) is 0 Å². The molecule has 0 saturated carbocycles. The van der Waals surface area contributed by atoms with Gasteiger partial charge in [0.1, 0.15) is 0 Å². The summed E-state index contributed by atoms with van der Waals surface area (Å²) in [6.45, 7) is 4.79.